The molecule has 1 saturated heterocycles. The first-order valence-corrected chi connectivity index (χ1v) is 11.1. The highest BCUT2D eigenvalue weighted by molar-refractivity contribution is 9.11. The van der Waals surface area contributed by atoms with Crippen LogP contribution in [0.5, 0.6) is 0 Å². The van der Waals surface area contributed by atoms with Crippen LogP contribution in [0.2, 0.25) is 0 Å². The van der Waals surface area contributed by atoms with Crippen molar-refractivity contribution in [3.05, 3.63) is 40.1 Å². The Morgan fingerprint density at radius 3 is 2.92 bits per heavy atom. The third kappa shape index (κ3) is 2.92. The maximum Gasteiger partial charge on any atom is 0.252 e. The first kappa shape index (κ1) is 17.1. The second-order valence-electron chi connectivity index (χ2n) is 5.97. The number of hydrogen-bond acceptors (Lipinski definition) is 5. The van der Waals surface area contributed by atoms with E-state index in [0.29, 0.717) is 17.3 Å². The van der Waals surface area contributed by atoms with Crippen LogP contribution in [0.25, 0.3) is 11.2 Å². The second-order valence-corrected chi connectivity index (χ2v) is 10.6. The summed E-state index contributed by atoms with van der Waals surface area (Å²) in [4.78, 5) is 9.16. The smallest absolute Gasteiger partial charge is 0.252 e. The van der Waals surface area contributed by atoms with Crippen molar-refractivity contribution in [1.29, 1.82) is 0 Å². The lowest BCUT2D eigenvalue weighted by atomic mass is 10.1. The van der Waals surface area contributed by atoms with Gasteiger partial charge < -0.3 is 4.57 Å². The van der Waals surface area contributed by atoms with Gasteiger partial charge in [-0.2, -0.15) is 4.31 Å². The van der Waals surface area contributed by atoms with Crippen LogP contribution in [0, 0.1) is 0 Å². The van der Waals surface area contributed by atoms with E-state index in [1.54, 1.807) is 22.6 Å². The zero-order valence-electron chi connectivity index (χ0n) is 13.6. The third-order valence-electron chi connectivity index (χ3n) is 4.51. The molecule has 0 spiro atoms. The van der Waals surface area contributed by atoms with Crippen molar-refractivity contribution in [2.75, 3.05) is 13.1 Å². The van der Waals surface area contributed by atoms with Crippen molar-refractivity contribution in [3.8, 4) is 0 Å². The Morgan fingerprint density at radius 1 is 1.36 bits per heavy atom. The molecule has 0 N–H and O–H groups in total. The number of pyridine rings is 1. The van der Waals surface area contributed by atoms with Crippen molar-refractivity contribution in [2.24, 2.45) is 0 Å². The Kier molecular flexibility index (Phi) is 4.43. The zero-order valence-corrected chi connectivity index (χ0v) is 16.8. The first-order chi connectivity index (χ1) is 12.0. The summed E-state index contributed by atoms with van der Waals surface area (Å²) in [5, 5.41) is 0. The van der Waals surface area contributed by atoms with Crippen LogP contribution in [-0.4, -0.2) is 40.3 Å². The van der Waals surface area contributed by atoms with E-state index in [4.69, 9.17) is 4.98 Å². The maximum absolute atomic E-state index is 12.8. The van der Waals surface area contributed by atoms with Gasteiger partial charge in [-0.1, -0.05) is 0 Å². The summed E-state index contributed by atoms with van der Waals surface area (Å²) in [7, 11) is -3.44. The Morgan fingerprint density at radius 2 is 2.20 bits per heavy atom. The summed E-state index contributed by atoms with van der Waals surface area (Å²) in [6, 6.07) is 7.25. The van der Waals surface area contributed by atoms with Crippen molar-refractivity contribution in [2.45, 2.75) is 30.0 Å². The minimum Gasteiger partial charge on any atom is -0.313 e. The normalized spacial score (nSPS) is 19.0. The molecule has 4 rings (SSSR count). The van der Waals surface area contributed by atoms with E-state index >= 15 is 0 Å². The number of thiophene rings is 1. The average Bonchev–Trinajstić information content (AvgIpc) is 3.32. The van der Waals surface area contributed by atoms with Crippen molar-refractivity contribution in [1.82, 2.24) is 18.8 Å². The molecule has 3 aromatic heterocycles. The molecule has 25 heavy (non-hydrogen) atoms. The van der Waals surface area contributed by atoms with Gasteiger partial charge in [0.05, 0.1) is 3.79 Å². The minimum atomic E-state index is -3.44. The highest BCUT2D eigenvalue weighted by atomic mass is 79.9. The fraction of sp³-hybridized carbons (Fsp3) is 0.375. The Hall–Kier alpha value is -1.29. The number of imidazole rings is 1. The second kappa shape index (κ2) is 6.46. The molecule has 0 saturated carbocycles. The number of nitrogens with zero attached hydrogens (tertiary/aromatic N) is 4. The molecule has 1 fully saturated rings. The maximum atomic E-state index is 12.8. The van der Waals surface area contributed by atoms with E-state index in [2.05, 4.69) is 32.4 Å². The zero-order chi connectivity index (χ0) is 17.6. The summed E-state index contributed by atoms with van der Waals surface area (Å²) in [6.07, 6.45) is 2.54. The molecular formula is C16H17BrN4O2S2. The Bertz CT molecular complexity index is 1030. The standard InChI is InChI=1S/C16H17BrN4O2S2/c1-2-21-15(19-12-4-3-8-18-16(12)21)11-7-9-20(10-11)25(22,23)14-6-5-13(17)24-14/h3-6,8,11H,2,7,9-10H2,1H3/t11-/m1/s1. The van der Waals surface area contributed by atoms with E-state index in [1.165, 1.54) is 11.3 Å². The van der Waals surface area contributed by atoms with Gasteiger partial charge in [0.15, 0.2) is 5.65 Å². The molecule has 1 aliphatic rings. The van der Waals surface area contributed by atoms with Crippen LogP contribution in [0.15, 0.2) is 38.5 Å². The van der Waals surface area contributed by atoms with Crippen LogP contribution < -0.4 is 0 Å². The lowest BCUT2D eigenvalue weighted by Gasteiger charge is -2.15. The van der Waals surface area contributed by atoms with Gasteiger partial charge in [0.2, 0.25) is 0 Å². The van der Waals surface area contributed by atoms with Crippen LogP contribution >= 0.6 is 27.3 Å². The Labute approximate surface area is 158 Å². The van der Waals surface area contributed by atoms with Gasteiger partial charge in [-0.25, -0.2) is 18.4 Å². The molecule has 132 valence electrons. The SMILES string of the molecule is CCn1c([C@@H]2CCN(S(=O)(=O)c3ccc(Br)s3)C2)nc2cccnc21. The van der Waals surface area contributed by atoms with Gasteiger partial charge in [0, 0.05) is 31.7 Å². The fourth-order valence-corrected chi connectivity index (χ4v) is 6.98. The van der Waals surface area contributed by atoms with E-state index in [9.17, 15) is 8.42 Å². The molecule has 1 atom stereocenters. The molecule has 0 unspecified atom stereocenters. The summed E-state index contributed by atoms with van der Waals surface area (Å²) in [5.41, 5.74) is 1.73. The number of aryl methyl sites for hydroxylation is 1. The number of rotatable bonds is 4. The van der Waals surface area contributed by atoms with E-state index < -0.39 is 10.0 Å². The molecule has 0 bridgehead atoms. The van der Waals surface area contributed by atoms with Gasteiger partial charge in [-0.3, -0.25) is 0 Å². The molecule has 0 aliphatic carbocycles. The molecule has 3 aromatic rings. The fourth-order valence-electron chi connectivity index (χ4n) is 3.32. The van der Waals surface area contributed by atoms with Gasteiger partial charge in [0.25, 0.3) is 10.0 Å². The molecule has 0 amide bonds. The topological polar surface area (TPSA) is 68.1 Å². The minimum absolute atomic E-state index is 0.0901. The largest absolute Gasteiger partial charge is 0.313 e. The van der Waals surface area contributed by atoms with Crippen molar-refractivity contribution in [3.63, 3.8) is 0 Å². The van der Waals surface area contributed by atoms with E-state index in [0.717, 1.165) is 33.7 Å². The van der Waals surface area contributed by atoms with Crippen LogP contribution in [0.3, 0.4) is 0 Å². The number of fused-ring (bicyclic) bond motifs is 1. The summed E-state index contributed by atoms with van der Waals surface area (Å²) < 4.78 is 30.5. The van der Waals surface area contributed by atoms with Gasteiger partial charge in [0.1, 0.15) is 15.6 Å². The molecule has 0 aromatic carbocycles. The predicted molar refractivity (Wildman–Crippen MR) is 101 cm³/mol. The monoisotopic (exact) mass is 440 g/mol. The predicted octanol–water partition coefficient (Wildman–Crippen LogP) is 3.45. The van der Waals surface area contributed by atoms with Crippen molar-refractivity contribution < 1.29 is 8.42 Å². The number of sulfonamides is 1. The van der Waals surface area contributed by atoms with Gasteiger partial charge >= 0.3 is 0 Å². The van der Waals surface area contributed by atoms with Crippen LogP contribution in [-0.2, 0) is 16.6 Å². The summed E-state index contributed by atoms with van der Waals surface area (Å²) in [6.45, 7) is 3.81. The average molecular weight is 441 g/mol. The number of hydrogen-bond donors (Lipinski definition) is 0. The summed E-state index contributed by atoms with van der Waals surface area (Å²) in [5.74, 6) is 1.02. The van der Waals surface area contributed by atoms with Crippen LogP contribution in [0.4, 0.5) is 0 Å². The molecule has 1 aliphatic heterocycles. The molecule has 9 heteroatoms. The van der Waals surface area contributed by atoms with Crippen molar-refractivity contribution >= 4 is 48.5 Å². The quantitative estimate of drug-likeness (QED) is 0.622. The van der Waals surface area contributed by atoms with E-state index in [-0.39, 0.29) is 5.92 Å². The molecule has 4 heterocycles. The lowest BCUT2D eigenvalue weighted by Crippen LogP contribution is -2.28. The number of aromatic nitrogens is 3. The van der Waals surface area contributed by atoms with Gasteiger partial charge in [-0.05, 0) is 53.5 Å². The first-order valence-electron chi connectivity index (χ1n) is 8.07. The number of halogens is 1. The summed E-state index contributed by atoms with van der Waals surface area (Å²) >= 11 is 4.58. The lowest BCUT2D eigenvalue weighted by molar-refractivity contribution is 0.471. The van der Waals surface area contributed by atoms with E-state index in [1.807, 2.05) is 12.1 Å². The third-order valence-corrected chi connectivity index (χ3v) is 8.46. The Balaban J connectivity index is 1.65. The highest BCUT2D eigenvalue weighted by Gasteiger charge is 2.36. The molecule has 0 radical (unpaired) electrons. The van der Waals surface area contributed by atoms with Gasteiger partial charge in [-0.15, -0.1) is 11.3 Å². The molecular weight excluding hydrogens is 424 g/mol. The highest BCUT2D eigenvalue weighted by Crippen LogP contribution is 2.34. The van der Waals surface area contributed by atoms with Crippen LogP contribution in [0.1, 0.15) is 25.1 Å². The molecule has 6 nitrogen and oxygen atoms in total.